The number of aryl methyl sites for hydroxylation is 1. The van der Waals surface area contributed by atoms with Crippen molar-refractivity contribution < 1.29 is 0 Å². The highest BCUT2D eigenvalue weighted by atomic mass is 35.5. The van der Waals surface area contributed by atoms with Crippen molar-refractivity contribution in [3.63, 3.8) is 0 Å². The number of fused-ring (bicyclic) bond motifs is 1. The highest BCUT2D eigenvalue weighted by Crippen LogP contribution is 2.24. The Morgan fingerprint density at radius 2 is 2.14 bits per heavy atom. The van der Waals surface area contributed by atoms with Gasteiger partial charge in [0.25, 0.3) is 0 Å². The summed E-state index contributed by atoms with van der Waals surface area (Å²) in [6, 6.07) is 8.16. The maximum atomic E-state index is 6.09. The summed E-state index contributed by atoms with van der Waals surface area (Å²) in [6.45, 7) is 3.29. The van der Waals surface area contributed by atoms with E-state index in [1.807, 2.05) is 12.1 Å². The van der Waals surface area contributed by atoms with E-state index in [0.29, 0.717) is 0 Å². The normalized spacial score (nSPS) is 11.0. The van der Waals surface area contributed by atoms with Crippen LogP contribution < -0.4 is 0 Å². The Morgan fingerprint density at radius 1 is 1.29 bits per heavy atom. The molecule has 1 nitrogen and oxygen atoms in total. The van der Waals surface area contributed by atoms with Gasteiger partial charge in [-0.15, -0.1) is 0 Å². The summed E-state index contributed by atoms with van der Waals surface area (Å²) in [4.78, 5) is 0. The van der Waals surface area contributed by atoms with E-state index in [4.69, 9.17) is 11.6 Å². The van der Waals surface area contributed by atoms with Crippen molar-refractivity contribution in [2.45, 2.75) is 26.3 Å². The van der Waals surface area contributed by atoms with Crippen molar-refractivity contribution in [3.8, 4) is 0 Å². The van der Waals surface area contributed by atoms with E-state index < -0.39 is 0 Å². The number of hydrogen-bond donors (Lipinski definition) is 0. The van der Waals surface area contributed by atoms with Gasteiger partial charge in [0, 0.05) is 28.7 Å². The molecule has 1 heterocycles. The van der Waals surface area contributed by atoms with Gasteiger partial charge in [0.2, 0.25) is 0 Å². The molecule has 0 saturated heterocycles. The molecule has 74 valence electrons. The minimum absolute atomic E-state index is 0.845. The van der Waals surface area contributed by atoms with Crippen molar-refractivity contribution >= 4 is 22.5 Å². The van der Waals surface area contributed by atoms with Crippen LogP contribution in [0.15, 0.2) is 30.5 Å². The van der Waals surface area contributed by atoms with Gasteiger partial charge in [0.05, 0.1) is 0 Å². The molecule has 2 heteroatoms. The highest BCUT2D eigenvalue weighted by Gasteiger charge is 2.02. The quantitative estimate of drug-likeness (QED) is 0.715. The zero-order valence-electron chi connectivity index (χ0n) is 8.33. The van der Waals surface area contributed by atoms with Crippen LogP contribution in [0.2, 0.25) is 5.02 Å². The maximum absolute atomic E-state index is 6.09. The molecule has 14 heavy (non-hydrogen) atoms. The van der Waals surface area contributed by atoms with E-state index in [1.165, 1.54) is 18.4 Å². The van der Waals surface area contributed by atoms with Gasteiger partial charge in [-0.25, -0.2) is 0 Å². The molecule has 0 radical (unpaired) electrons. The van der Waals surface area contributed by atoms with Crippen LogP contribution in [0.1, 0.15) is 19.8 Å². The molecule has 0 aliphatic carbocycles. The summed E-state index contributed by atoms with van der Waals surface area (Å²) in [5.41, 5.74) is 1.24. The molecule has 2 rings (SSSR count). The lowest BCUT2D eigenvalue weighted by Crippen LogP contribution is -1.94. The molecule has 1 aromatic heterocycles. The lowest BCUT2D eigenvalue weighted by Gasteiger charge is -2.03. The number of rotatable bonds is 3. The third-order valence-electron chi connectivity index (χ3n) is 2.51. The van der Waals surface area contributed by atoms with Crippen molar-refractivity contribution in [2.75, 3.05) is 0 Å². The van der Waals surface area contributed by atoms with Crippen molar-refractivity contribution in [3.05, 3.63) is 35.5 Å². The molecule has 0 N–H and O–H groups in total. The van der Waals surface area contributed by atoms with Crippen LogP contribution in [0.25, 0.3) is 10.9 Å². The second-order valence-electron chi connectivity index (χ2n) is 3.54. The van der Waals surface area contributed by atoms with Gasteiger partial charge in [-0.2, -0.15) is 0 Å². The highest BCUT2D eigenvalue weighted by molar-refractivity contribution is 6.35. The second-order valence-corrected chi connectivity index (χ2v) is 3.94. The SMILES string of the molecule is CCCCn1ccc2c(Cl)cccc21. The number of nitrogens with zero attached hydrogens (tertiary/aromatic N) is 1. The van der Waals surface area contributed by atoms with E-state index in [0.717, 1.165) is 17.0 Å². The fourth-order valence-corrected chi connectivity index (χ4v) is 1.94. The summed E-state index contributed by atoms with van der Waals surface area (Å²) in [7, 11) is 0. The molecule has 0 spiro atoms. The maximum Gasteiger partial charge on any atom is 0.0499 e. The molecular weight excluding hydrogens is 194 g/mol. The standard InChI is InChI=1S/C12H14ClN/c1-2-3-8-14-9-7-10-11(13)5-4-6-12(10)14/h4-7,9H,2-3,8H2,1H3. The fraction of sp³-hybridized carbons (Fsp3) is 0.333. The zero-order valence-corrected chi connectivity index (χ0v) is 9.09. The first-order valence-corrected chi connectivity index (χ1v) is 5.44. The number of halogens is 1. The van der Waals surface area contributed by atoms with Gasteiger partial charge < -0.3 is 4.57 Å². The van der Waals surface area contributed by atoms with Crippen LogP contribution in [-0.4, -0.2) is 4.57 Å². The summed E-state index contributed by atoms with van der Waals surface area (Å²) in [6.07, 6.45) is 4.56. The Kier molecular flexibility index (Phi) is 2.78. The first kappa shape index (κ1) is 9.60. The van der Waals surface area contributed by atoms with E-state index in [9.17, 15) is 0 Å². The predicted molar refractivity (Wildman–Crippen MR) is 61.9 cm³/mol. The van der Waals surface area contributed by atoms with Crippen LogP contribution in [0, 0.1) is 0 Å². The predicted octanol–water partition coefficient (Wildman–Crippen LogP) is 4.09. The van der Waals surface area contributed by atoms with Crippen molar-refractivity contribution in [1.29, 1.82) is 0 Å². The number of unbranched alkanes of at least 4 members (excludes halogenated alkanes) is 1. The van der Waals surface area contributed by atoms with Gasteiger partial charge in [0.1, 0.15) is 0 Å². The summed E-state index contributed by atoms with van der Waals surface area (Å²) in [5, 5.41) is 2.00. The van der Waals surface area contributed by atoms with Gasteiger partial charge >= 0.3 is 0 Å². The van der Waals surface area contributed by atoms with Gasteiger partial charge in [0.15, 0.2) is 0 Å². The van der Waals surface area contributed by atoms with E-state index in [-0.39, 0.29) is 0 Å². The third-order valence-corrected chi connectivity index (χ3v) is 2.84. The summed E-state index contributed by atoms with van der Waals surface area (Å²) < 4.78 is 2.27. The largest absolute Gasteiger partial charge is 0.347 e. The number of aromatic nitrogens is 1. The fourth-order valence-electron chi connectivity index (χ4n) is 1.71. The molecule has 0 atom stereocenters. The molecule has 0 bridgehead atoms. The van der Waals surface area contributed by atoms with Gasteiger partial charge in [-0.1, -0.05) is 31.0 Å². The molecule has 0 aliphatic rings. The Bertz CT molecular complexity index is 431. The Morgan fingerprint density at radius 3 is 2.93 bits per heavy atom. The van der Waals surface area contributed by atoms with Crippen LogP contribution in [-0.2, 0) is 6.54 Å². The first-order chi connectivity index (χ1) is 6.83. The molecule has 0 saturated carbocycles. The van der Waals surface area contributed by atoms with E-state index >= 15 is 0 Å². The van der Waals surface area contributed by atoms with Crippen LogP contribution in [0.4, 0.5) is 0 Å². The molecule has 0 amide bonds. The third kappa shape index (κ3) is 1.64. The summed E-state index contributed by atoms with van der Waals surface area (Å²) in [5.74, 6) is 0. The average Bonchev–Trinajstić information content (AvgIpc) is 2.60. The number of hydrogen-bond acceptors (Lipinski definition) is 0. The van der Waals surface area contributed by atoms with Crippen LogP contribution >= 0.6 is 11.6 Å². The van der Waals surface area contributed by atoms with Crippen LogP contribution in [0.3, 0.4) is 0 Å². The molecular formula is C12H14ClN. The van der Waals surface area contributed by atoms with Gasteiger partial charge in [-0.3, -0.25) is 0 Å². The first-order valence-electron chi connectivity index (χ1n) is 5.06. The molecule has 2 aromatic rings. The minimum Gasteiger partial charge on any atom is -0.347 e. The van der Waals surface area contributed by atoms with Gasteiger partial charge in [-0.05, 0) is 24.6 Å². The second kappa shape index (κ2) is 4.05. The summed E-state index contributed by atoms with van der Waals surface area (Å²) >= 11 is 6.09. The van der Waals surface area contributed by atoms with E-state index in [1.54, 1.807) is 0 Å². The lowest BCUT2D eigenvalue weighted by atomic mass is 10.2. The molecule has 0 aliphatic heterocycles. The number of benzene rings is 1. The Labute approximate surface area is 89.3 Å². The monoisotopic (exact) mass is 207 g/mol. The Balaban J connectivity index is 2.42. The smallest absolute Gasteiger partial charge is 0.0499 e. The molecule has 0 unspecified atom stereocenters. The minimum atomic E-state index is 0.845. The van der Waals surface area contributed by atoms with Crippen molar-refractivity contribution in [2.24, 2.45) is 0 Å². The van der Waals surface area contributed by atoms with Crippen molar-refractivity contribution in [1.82, 2.24) is 4.57 Å². The average molecular weight is 208 g/mol. The molecule has 0 fully saturated rings. The van der Waals surface area contributed by atoms with E-state index in [2.05, 4.69) is 29.8 Å². The van der Waals surface area contributed by atoms with Crippen LogP contribution in [0.5, 0.6) is 0 Å². The lowest BCUT2D eigenvalue weighted by molar-refractivity contribution is 0.650. The Hall–Kier alpha value is -0.950. The topological polar surface area (TPSA) is 4.93 Å². The zero-order chi connectivity index (χ0) is 9.97. The molecule has 1 aromatic carbocycles.